The van der Waals surface area contributed by atoms with E-state index in [4.69, 9.17) is 16.3 Å². The number of ketones is 1. The van der Waals surface area contributed by atoms with Crippen molar-refractivity contribution >= 4 is 17.4 Å². The highest BCUT2D eigenvalue weighted by Gasteiger charge is 2.58. The van der Waals surface area contributed by atoms with Crippen molar-refractivity contribution in [1.29, 1.82) is 0 Å². The number of carbonyl (C=O) groups is 1. The summed E-state index contributed by atoms with van der Waals surface area (Å²) in [5.74, 6) is -2.93. The van der Waals surface area contributed by atoms with Gasteiger partial charge in [-0.3, -0.25) is 9.78 Å². The molecule has 26 heavy (non-hydrogen) atoms. The quantitative estimate of drug-likeness (QED) is 0.582. The maximum absolute atomic E-state index is 15.6. The van der Waals surface area contributed by atoms with Crippen LogP contribution in [-0.4, -0.2) is 17.4 Å². The number of nitrogens with zero attached hydrogens (tertiary/aromatic N) is 1. The number of rotatable bonds is 4. The van der Waals surface area contributed by atoms with Crippen LogP contribution >= 0.6 is 11.6 Å². The van der Waals surface area contributed by atoms with Gasteiger partial charge in [-0.05, 0) is 37.0 Å². The standard InChI is InChI=1S/C19H15ClF3NO2/c20-13-5-3-11(15(21)16(13)22)4-6-14(25)19(23)8-7-18(10-26-18)17-12(19)2-1-9-24-17/h1-3,5,9H,4,6-8,10H2/t18-,19+/m1/s1. The molecular weight excluding hydrogens is 367 g/mol. The predicted octanol–water partition coefficient (Wildman–Crippen LogP) is 4.40. The molecule has 7 heteroatoms. The number of ether oxygens (including phenoxy) is 1. The van der Waals surface area contributed by atoms with Crippen molar-refractivity contribution in [3.8, 4) is 0 Å². The van der Waals surface area contributed by atoms with Gasteiger partial charge < -0.3 is 4.74 Å². The van der Waals surface area contributed by atoms with Gasteiger partial charge in [0.25, 0.3) is 0 Å². The zero-order valence-corrected chi connectivity index (χ0v) is 14.5. The fourth-order valence-corrected chi connectivity index (χ4v) is 3.72. The number of halogens is 4. The van der Waals surface area contributed by atoms with Crippen LogP contribution in [-0.2, 0) is 27.2 Å². The van der Waals surface area contributed by atoms with Crippen LogP contribution in [0.1, 0.15) is 36.1 Å². The number of benzene rings is 1. The normalized spacial score (nSPS) is 26.6. The van der Waals surface area contributed by atoms with E-state index in [-0.39, 0.29) is 35.4 Å². The Kier molecular flexibility index (Phi) is 4.08. The molecule has 1 aliphatic carbocycles. The number of epoxide rings is 1. The highest BCUT2D eigenvalue weighted by molar-refractivity contribution is 6.30. The van der Waals surface area contributed by atoms with E-state index in [1.54, 1.807) is 18.3 Å². The van der Waals surface area contributed by atoms with E-state index in [2.05, 4.69) is 4.98 Å². The summed E-state index contributed by atoms with van der Waals surface area (Å²) in [5.41, 5.74) is -2.09. The molecule has 1 aliphatic heterocycles. The number of carbonyl (C=O) groups excluding carboxylic acids is 1. The number of alkyl halides is 1. The molecule has 2 atom stereocenters. The number of aryl methyl sites for hydroxylation is 1. The summed E-state index contributed by atoms with van der Waals surface area (Å²) in [6.45, 7) is 0.469. The highest BCUT2D eigenvalue weighted by atomic mass is 35.5. The maximum Gasteiger partial charge on any atom is 0.195 e. The molecule has 0 radical (unpaired) electrons. The van der Waals surface area contributed by atoms with Crippen LogP contribution in [0.5, 0.6) is 0 Å². The fraction of sp³-hybridized carbons (Fsp3) is 0.368. The Balaban J connectivity index is 1.58. The largest absolute Gasteiger partial charge is 0.363 e. The first kappa shape index (κ1) is 17.5. The van der Waals surface area contributed by atoms with Crippen LogP contribution in [0.4, 0.5) is 13.2 Å². The third-order valence-electron chi connectivity index (χ3n) is 5.21. The van der Waals surface area contributed by atoms with Gasteiger partial charge in [0.2, 0.25) is 0 Å². The molecule has 2 aromatic rings. The lowest BCUT2D eigenvalue weighted by atomic mass is 9.74. The Hall–Kier alpha value is -1.92. The first-order valence-electron chi connectivity index (χ1n) is 8.32. The van der Waals surface area contributed by atoms with Gasteiger partial charge >= 0.3 is 0 Å². The van der Waals surface area contributed by atoms with Crippen molar-refractivity contribution in [3.05, 3.63) is 63.9 Å². The third-order valence-corrected chi connectivity index (χ3v) is 5.50. The van der Waals surface area contributed by atoms with Crippen LogP contribution in [0.15, 0.2) is 30.5 Å². The highest BCUT2D eigenvalue weighted by Crippen LogP contribution is 2.53. The van der Waals surface area contributed by atoms with Gasteiger partial charge in [-0.15, -0.1) is 0 Å². The molecule has 0 unspecified atom stereocenters. The molecule has 0 N–H and O–H groups in total. The molecule has 0 amide bonds. The lowest BCUT2D eigenvalue weighted by Crippen LogP contribution is -2.39. The van der Waals surface area contributed by atoms with Crippen molar-refractivity contribution in [2.45, 2.75) is 37.0 Å². The van der Waals surface area contributed by atoms with Crippen molar-refractivity contribution < 1.29 is 22.7 Å². The van der Waals surface area contributed by atoms with Crippen molar-refractivity contribution in [2.75, 3.05) is 6.61 Å². The molecule has 1 saturated heterocycles. The lowest BCUT2D eigenvalue weighted by Gasteiger charge is -2.33. The van der Waals surface area contributed by atoms with E-state index in [0.29, 0.717) is 18.7 Å². The molecule has 3 nitrogen and oxygen atoms in total. The molecule has 2 aliphatic rings. The van der Waals surface area contributed by atoms with Crippen molar-refractivity contribution in [2.24, 2.45) is 0 Å². The molecule has 0 saturated carbocycles. The SMILES string of the molecule is O=C(CCc1ccc(Cl)c(F)c1F)[C@]1(F)CC[C@@]2(CO2)c2ncccc21. The third kappa shape index (κ3) is 2.63. The number of hydrogen-bond acceptors (Lipinski definition) is 3. The number of aromatic nitrogens is 1. The summed E-state index contributed by atoms with van der Waals surface area (Å²) in [6.07, 6.45) is 1.54. The molecule has 136 valence electrons. The minimum absolute atomic E-state index is 0.00642. The molecule has 0 bridgehead atoms. The zero-order valence-electron chi connectivity index (χ0n) is 13.7. The summed E-state index contributed by atoms with van der Waals surface area (Å²) in [7, 11) is 0. The summed E-state index contributed by atoms with van der Waals surface area (Å²) in [5, 5.41) is -0.332. The van der Waals surface area contributed by atoms with Gasteiger partial charge in [-0.2, -0.15) is 0 Å². The fourth-order valence-electron chi connectivity index (χ4n) is 3.58. The first-order valence-corrected chi connectivity index (χ1v) is 8.70. The van der Waals surface area contributed by atoms with Crippen molar-refractivity contribution in [3.63, 3.8) is 0 Å². The first-order chi connectivity index (χ1) is 12.4. The summed E-state index contributed by atoms with van der Waals surface area (Å²) in [6, 6.07) is 5.66. The molecular formula is C19H15ClF3NO2. The van der Waals surface area contributed by atoms with Gasteiger partial charge in [0.1, 0.15) is 5.60 Å². The van der Waals surface area contributed by atoms with E-state index in [9.17, 15) is 13.6 Å². The average molecular weight is 382 g/mol. The topological polar surface area (TPSA) is 42.5 Å². The monoisotopic (exact) mass is 381 g/mol. The van der Waals surface area contributed by atoms with Gasteiger partial charge in [0, 0.05) is 18.2 Å². The molecule has 4 rings (SSSR count). The van der Waals surface area contributed by atoms with Crippen molar-refractivity contribution in [1.82, 2.24) is 4.98 Å². The predicted molar refractivity (Wildman–Crippen MR) is 88.6 cm³/mol. The average Bonchev–Trinajstić information content (AvgIpc) is 3.43. The summed E-state index contributed by atoms with van der Waals surface area (Å²) in [4.78, 5) is 16.9. The van der Waals surface area contributed by atoms with Crippen LogP contribution < -0.4 is 0 Å². The van der Waals surface area contributed by atoms with Crippen LogP contribution in [0.2, 0.25) is 5.02 Å². The van der Waals surface area contributed by atoms with Crippen LogP contribution in [0.3, 0.4) is 0 Å². The maximum atomic E-state index is 15.6. The van der Waals surface area contributed by atoms with E-state index in [1.807, 2.05) is 0 Å². The Morgan fingerprint density at radius 2 is 2.00 bits per heavy atom. The minimum atomic E-state index is -2.19. The van der Waals surface area contributed by atoms with E-state index >= 15 is 4.39 Å². The second kappa shape index (κ2) is 6.06. The summed E-state index contributed by atoms with van der Waals surface area (Å²) >= 11 is 5.52. The Bertz CT molecular complexity index is 900. The van der Waals surface area contributed by atoms with Gasteiger partial charge in [0.05, 0.1) is 17.3 Å². The second-order valence-electron chi connectivity index (χ2n) is 6.74. The lowest BCUT2D eigenvalue weighted by molar-refractivity contribution is -0.132. The Morgan fingerprint density at radius 1 is 1.23 bits per heavy atom. The van der Waals surface area contributed by atoms with E-state index < -0.39 is 28.7 Å². The number of hydrogen-bond donors (Lipinski definition) is 0. The zero-order chi connectivity index (χ0) is 18.5. The molecule has 1 fully saturated rings. The van der Waals surface area contributed by atoms with Gasteiger partial charge in [-0.25, -0.2) is 13.2 Å². The van der Waals surface area contributed by atoms with E-state index in [1.165, 1.54) is 12.1 Å². The molecule has 2 heterocycles. The number of fused-ring (bicyclic) bond motifs is 2. The number of Topliss-reactive ketones (excluding diaryl/α,β-unsaturated/α-hetero) is 1. The minimum Gasteiger partial charge on any atom is -0.363 e. The van der Waals surface area contributed by atoms with Gasteiger partial charge in [-0.1, -0.05) is 23.7 Å². The van der Waals surface area contributed by atoms with Crippen LogP contribution in [0.25, 0.3) is 0 Å². The molecule has 1 spiro atoms. The second-order valence-corrected chi connectivity index (χ2v) is 7.15. The van der Waals surface area contributed by atoms with Crippen LogP contribution in [0, 0.1) is 11.6 Å². The van der Waals surface area contributed by atoms with E-state index in [0.717, 1.165) is 0 Å². The summed E-state index contributed by atoms with van der Waals surface area (Å²) < 4.78 is 48.6. The molecule has 1 aromatic heterocycles. The number of pyridine rings is 1. The van der Waals surface area contributed by atoms with Gasteiger partial charge in [0.15, 0.2) is 23.1 Å². The Labute approximate surface area is 153 Å². The molecule has 1 aromatic carbocycles. The smallest absolute Gasteiger partial charge is 0.195 e. The Morgan fingerprint density at radius 3 is 2.73 bits per heavy atom.